The Labute approximate surface area is 154 Å². The number of Topliss-reactive ketones (excluding diaryl/α,β-unsaturated/α-hetero) is 1. The van der Waals surface area contributed by atoms with Crippen LogP contribution in [0.5, 0.6) is 17.2 Å². The molecule has 0 saturated heterocycles. The maximum Gasteiger partial charge on any atom is 0.308 e. The molecule has 0 bridgehead atoms. The third-order valence-electron chi connectivity index (χ3n) is 5.18. The topological polar surface area (TPSA) is 85.2 Å². The summed E-state index contributed by atoms with van der Waals surface area (Å²) in [7, 11) is 1.44. The Kier molecular flexibility index (Phi) is 3.25. The molecule has 1 spiro atoms. The number of aliphatic hydroxyl groups is 2. The van der Waals surface area contributed by atoms with Crippen molar-refractivity contribution in [2.75, 3.05) is 7.11 Å². The van der Waals surface area contributed by atoms with Gasteiger partial charge in [0.15, 0.2) is 18.0 Å². The Hall–Kier alpha value is -3.09. The SMILES string of the molecule is COc1cccc2c1C(=O)[C@@H](O)[C@@H](O)C21Oc2cccc3cccc(c23)O1. The predicted molar refractivity (Wildman–Crippen MR) is 96.2 cm³/mol. The Bertz CT molecular complexity index is 1050. The molecule has 3 aromatic carbocycles. The van der Waals surface area contributed by atoms with Gasteiger partial charge in [0, 0.05) is 0 Å². The normalized spacial score (nSPS) is 22.1. The second-order valence-electron chi connectivity index (χ2n) is 6.62. The highest BCUT2D eigenvalue weighted by Crippen LogP contribution is 2.50. The van der Waals surface area contributed by atoms with Crippen LogP contribution in [0.3, 0.4) is 0 Å². The molecule has 0 fully saturated rings. The fourth-order valence-corrected chi connectivity index (χ4v) is 3.93. The zero-order valence-electron chi connectivity index (χ0n) is 14.4. The van der Waals surface area contributed by atoms with Gasteiger partial charge in [0.1, 0.15) is 17.2 Å². The second kappa shape index (κ2) is 5.45. The Morgan fingerprint density at radius 1 is 0.963 bits per heavy atom. The molecule has 136 valence electrons. The number of ether oxygens (including phenoxy) is 3. The zero-order chi connectivity index (χ0) is 18.8. The number of ketones is 1. The van der Waals surface area contributed by atoms with Crippen molar-refractivity contribution in [3.05, 3.63) is 65.7 Å². The van der Waals surface area contributed by atoms with E-state index in [-0.39, 0.29) is 11.3 Å². The molecule has 0 unspecified atom stereocenters. The van der Waals surface area contributed by atoms with Crippen LogP contribution < -0.4 is 14.2 Å². The van der Waals surface area contributed by atoms with E-state index in [1.54, 1.807) is 30.3 Å². The Morgan fingerprint density at radius 3 is 2.22 bits per heavy atom. The van der Waals surface area contributed by atoms with Gasteiger partial charge >= 0.3 is 5.79 Å². The zero-order valence-corrected chi connectivity index (χ0v) is 14.4. The van der Waals surface area contributed by atoms with Crippen molar-refractivity contribution in [2.24, 2.45) is 0 Å². The van der Waals surface area contributed by atoms with Gasteiger partial charge < -0.3 is 24.4 Å². The first-order valence-corrected chi connectivity index (χ1v) is 8.54. The highest BCUT2D eigenvalue weighted by Gasteiger charge is 2.58. The molecule has 1 heterocycles. The van der Waals surface area contributed by atoms with Gasteiger partial charge in [-0.3, -0.25) is 4.79 Å². The van der Waals surface area contributed by atoms with E-state index in [0.717, 1.165) is 10.8 Å². The quantitative estimate of drug-likeness (QED) is 0.690. The van der Waals surface area contributed by atoms with E-state index in [9.17, 15) is 15.0 Å². The van der Waals surface area contributed by atoms with Crippen molar-refractivity contribution in [3.63, 3.8) is 0 Å². The largest absolute Gasteiger partial charge is 0.496 e. The van der Waals surface area contributed by atoms with Crippen LogP contribution in [0.2, 0.25) is 0 Å². The van der Waals surface area contributed by atoms with Gasteiger partial charge in [0.2, 0.25) is 0 Å². The molecule has 5 rings (SSSR count). The molecule has 2 aliphatic rings. The first-order chi connectivity index (χ1) is 13.1. The van der Waals surface area contributed by atoms with Crippen LogP contribution in [0, 0.1) is 0 Å². The molecule has 6 nitrogen and oxygen atoms in total. The maximum atomic E-state index is 12.7. The van der Waals surface area contributed by atoms with Crippen LogP contribution in [0.1, 0.15) is 15.9 Å². The molecule has 6 heteroatoms. The number of hydrogen-bond donors (Lipinski definition) is 2. The van der Waals surface area contributed by atoms with Gasteiger partial charge in [0.25, 0.3) is 0 Å². The van der Waals surface area contributed by atoms with Crippen LogP contribution >= 0.6 is 0 Å². The second-order valence-corrected chi connectivity index (χ2v) is 6.62. The van der Waals surface area contributed by atoms with Crippen LogP contribution in [0.15, 0.2) is 54.6 Å². The van der Waals surface area contributed by atoms with Crippen molar-refractivity contribution in [1.82, 2.24) is 0 Å². The highest BCUT2D eigenvalue weighted by atomic mass is 16.7. The summed E-state index contributed by atoms with van der Waals surface area (Å²) in [6.45, 7) is 0. The van der Waals surface area contributed by atoms with E-state index >= 15 is 0 Å². The number of hydrogen-bond acceptors (Lipinski definition) is 6. The van der Waals surface area contributed by atoms with Gasteiger partial charge in [0.05, 0.1) is 23.6 Å². The lowest BCUT2D eigenvalue weighted by Crippen LogP contribution is -2.61. The standard InChI is InChI=1S/C21H16O6/c1-25-13-8-4-7-12-17(13)18(22)19(23)20(24)21(12)26-14-9-2-5-11-6-3-10-15(27-21)16(11)14/h2-10,19-20,23-24H,1H3/t19-,20-/m1/s1. The molecule has 3 aromatic rings. The van der Waals surface area contributed by atoms with Gasteiger partial charge in [-0.2, -0.15) is 0 Å². The van der Waals surface area contributed by atoms with E-state index < -0.39 is 23.8 Å². The first-order valence-electron chi connectivity index (χ1n) is 8.54. The van der Waals surface area contributed by atoms with E-state index in [1.807, 2.05) is 24.3 Å². The summed E-state index contributed by atoms with van der Waals surface area (Å²) < 4.78 is 17.6. The number of benzene rings is 3. The highest BCUT2D eigenvalue weighted by molar-refractivity contribution is 6.05. The van der Waals surface area contributed by atoms with Crippen molar-refractivity contribution in [3.8, 4) is 17.2 Å². The van der Waals surface area contributed by atoms with Gasteiger partial charge in [-0.15, -0.1) is 0 Å². The summed E-state index contributed by atoms with van der Waals surface area (Å²) in [6, 6.07) is 16.0. The van der Waals surface area contributed by atoms with Crippen LogP contribution in [-0.4, -0.2) is 35.3 Å². The molecule has 0 saturated carbocycles. The average Bonchev–Trinajstić information content (AvgIpc) is 2.70. The first kappa shape index (κ1) is 16.1. The lowest BCUT2D eigenvalue weighted by Gasteiger charge is -2.45. The van der Waals surface area contributed by atoms with Crippen LogP contribution in [0.4, 0.5) is 0 Å². The Balaban J connectivity index is 1.80. The van der Waals surface area contributed by atoms with Gasteiger partial charge in [-0.25, -0.2) is 0 Å². The van der Waals surface area contributed by atoms with Gasteiger partial charge in [-0.05, 0) is 23.6 Å². The minimum Gasteiger partial charge on any atom is -0.496 e. The molecule has 1 aliphatic carbocycles. The number of carbonyl (C=O) groups excluding carboxylic acids is 1. The Morgan fingerprint density at radius 2 is 1.59 bits per heavy atom. The molecule has 0 aromatic heterocycles. The smallest absolute Gasteiger partial charge is 0.308 e. The molecule has 27 heavy (non-hydrogen) atoms. The lowest BCUT2D eigenvalue weighted by atomic mass is 9.80. The molecule has 2 N–H and O–H groups in total. The monoisotopic (exact) mass is 364 g/mol. The van der Waals surface area contributed by atoms with E-state index in [1.165, 1.54) is 7.11 Å². The summed E-state index contributed by atoms with van der Waals surface area (Å²) in [5.74, 6) is -1.11. The molecular weight excluding hydrogens is 348 g/mol. The maximum absolute atomic E-state index is 12.7. The van der Waals surface area contributed by atoms with Crippen molar-refractivity contribution < 1.29 is 29.2 Å². The third kappa shape index (κ3) is 1.99. The fourth-order valence-electron chi connectivity index (χ4n) is 3.93. The number of methoxy groups -OCH3 is 1. The average molecular weight is 364 g/mol. The summed E-state index contributed by atoms with van der Waals surface area (Å²) in [4.78, 5) is 12.7. The van der Waals surface area contributed by atoms with Crippen molar-refractivity contribution in [2.45, 2.75) is 18.0 Å². The molecule has 0 amide bonds. The summed E-state index contributed by atoms with van der Waals surface area (Å²) in [5, 5.41) is 23.0. The molecule has 0 radical (unpaired) electrons. The summed E-state index contributed by atoms with van der Waals surface area (Å²) >= 11 is 0. The fraction of sp³-hybridized carbons (Fsp3) is 0.190. The van der Waals surface area contributed by atoms with Crippen LogP contribution in [-0.2, 0) is 5.79 Å². The summed E-state index contributed by atoms with van der Waals surface area (Å²) in [5.41, 5.74) is 0.459. The number of aliphatic hydroxyl groups excluding tert-OH is 2. The van der Waals surface area contributed by atoms with Crippen molar-refractivity contribution >= 4 is 16.6 Å². The molecule has 1 aliphatic heterocycles. The van der Waals surface area contributed by atoms with E-state index in [0.29, 0.717) is 17.1 Å². The molecule has 2 atom stereocenters. The minimum absolute atomic E-state index is 0.143. The predicted octanol–water partition coefficient (Wildman–Crippen LogP) is 2.39. The molecular formula is C21H16O6. The number of fused-ring (bicyclic) bond motifs is 2. The summed E-state index contributed by atoms with van der Waals surface area (Å²) in [6.07, 6.45) is -3.33. The van der Waals surface area contributed by atoms with Crippen LogP contribution in [0.25, 0.3) is 10.8 Å². The minimum atomic E-state index is -1.76. The van der Waals surface area contributed by atoms with Crippen molar-refractivity contribution in [1.29, 1.82) is 0 Å². The lowest BCUT2D eigenvalue weighted by molar-refractivity contribution is -0.221. The van der Waals surface area contributed by atoms with E-state index in [2.05, 4.69) is 0 Å². The van der Waals surface area contributed by atoms with E-state index in [4.69, 9.17) is 14.2 Å². The van der Waals surface area contributed by atoms with Gasteiger partial charge in [-0.1, -0.05) is 36.4 Å². The third-order valence-corrected chi connectivity index (χ3v) is 5.18. The number of rotatable bonds is 1. The number of carbonyl (C=O) groups is 1.